The second-order valence-corrected chi connectivity index (χ2v) is 4.17. The lowest BCUT2D eigenvalue weighted by atomic mass is 9.92. The summed E-state index contributed by atoms with van der Waals surface area (Å²) in [6.07, 6.45) is 0.296. The standard InChI is InChI=1S/C10H9BrFNO3/c1-10(9(15)16,13-5-14)7-3-2-6(12)4-8(7)11/h2-5H,1H3,(H,13,14)(H,15,16). The van der Waals surface area contributed by atoms with Crippen LogP contribution in [-0.2, 0) is 15.1 Å². The fourth-order valence-corrected chi connectivity index (χ4v) is 2.01. The SMILES string of the molecule is CC(NC=O)(C(=O)O)c1ccc(F)cc1Br. The molecule has 0 saturated heterocycles. The minimum absolute atomic E-state index is 0.272. The quantitative estimate of drug-likeness (QED) is 0.828. The van der Waals surface area contributed by atoms with Crippen molar-refractivity contribution in [3.8, 4) is 0 Å². The topological polar surface area (TPSA) is 66.4 Å². The normalized spacial score (nSPS) is 13.9. The number of carbonyl (C=O) groups excluding carboxylic acids is 1. The average molecular weight is 290 g/mol. The number of hydrogen-bond donors (Lipinski definition) is 2. The zero-order valence-electron chi connectivity index (χ0n) is 8.33. The van der Waals surface area contributed by atoms with Gasteiger partial charge in [-0.05, 0) is 19.1 Å². The lowest BCUT2D eigenvalue weighted by molar-refractivity contribution is -0.145. The van der Waals surface area contributed by atoms with Gasteiger partial charge in [0.25, 0.3) is 0 Å². The Morgan fingerprint density at radius 2 is 2.25 bits per heavy atom. The van der Waals surface area contributed by atoms with Crippen molar-refractivity contribution in [2.45, 2.75) is 12.5 Å². The Bertz CT molecular complexity index is 438. The number of carbonyl (C=O) groups is 2. The van der Waals surface area contributed by atoms with Crippen LogP contribution in [0.15, 0.2) is 22.7 Å². The molecule has 0 radical (unpaired) electrons. The van der Waals surface area contributed by atoms with Crippen LogP contribution >= 0.6 is 15.9 Å². The highest BCUT2D eigenvalue weighted by atomic mass is 79.9. The molecule has 0 bridgehead atoms. The molecule has 6 heteroatoms. The van der Waals surface area contributed by atoms with Crippen LogP contribution in [0.2, 0.25) is 0 Å². The summed E-state index contributed by atoms with van der Waals surface area (Å²) < 4.78 is 13.1. The smallest absolute Gasteiger partial charge is 0.333 e. The van der Waals surface area contributed by atoms with E-state index in [2.05, 4.69) is 21.2 Å². The van der Waals surface area contributed by atoms with Crippen LogP contribution < -0.4 is 5.32 Å². The Hall–Kier alpha value is -1.43. The van der Waals surface area contributed by atoms with E-state index in [9.17, 15) is 14.0 Å². The van der Waals surface area contributed by atoms with Crippen molar-refractivity contribution in [3.63, 3.8) is 0 Å². The maximum absolute atomic E-state index is 12.9. The second-order valence-electron chi connectivity index (χ2n) is 3.32. The summed E-state index contributed by atoms with van der Waals surface area (Å²) in [6.45, 7) is 1.32. The van der Waals surface area contributed by atoms with E-state index in [4.69, 9.17) is 5.11 Å². The molecule has 1 unspecified atom stereocenters. The van der Waals surface area contributed by atoms with Gasteiger partial charge in [-0.25, -0.2) is 9.18 Å². The molecule has 1 rings (SSSR count). The van der Waals surface area contributed by atoms with Crippen LogP contribution in [0.1, 0.15) is 12.5 Å². The van der Waals surface area contributed by atoms with Gasteiger partial charge in [0, 0.05) is 10.0 Å². The number of carboxylic acids is 1. The summed E-state index contributed by atoms with van der Waals surface area (Å²) in [6, 6.07) is 3.58. The van der Waals surface area contributed by atoms with Crippen molar-refractivity contribution in [3.05, 3.63) is 34.1 Å². The van der Waals surface area contributed by atoms with Gasteiger partial charge < -0.3 is 10.4 Å². The van der Waals surface area contributed by atoms with Gasteiger partial charge in [-0.1, -0.05) is 22.0 Å². The molecule has 0 aromatic heterocycles. The summed E-state index contributed by atoms with van der Waals surface area (Å²) in [7, 11) is 0. The highest BCUT2D eigenvalue weighted by Crippen LogP contribution is 2.29. The molecule has 2 N–H and O–H groups in total. The Labute approximate surface area is 99.6 Å². The predicted molar refractivity (Wildman–Crippen MR) is 58.3 cm³/mol. The number of benzene rings is 1. The van der Waals surface area contributed by atoms with Crippen LogP contribution in [0.3, 0.4) is 0 Å². The molecular weight excluding hydrogens is 281 g/mol. The van der Waals surface area contributed by atoms with E-state index >= 15 is 0 Å². The molecule has 4 nitrogen and oxygen atoms in total. The van der Waals surface area contributed by atoms with Gasteiger partial charge in [0.15, 0.2) is 5.54 Å². The number of rotatable bonds is 4. The van der Waals surface area contributed by atoms with Crippen molar-refractivity contribution in [2.24, 2.45) is 0 Å². The van der Waals surface area contributed by atoms with E-state index in [0.717, 1.165) is 12.1 Å². The maximum Gasteiger partial charge on any atom is 0.333 e. The predicted octanol–water partition coefficient (Wildman–Crippen LogP) is 1.63. The second kappa shape index (κ2) is 4.61. The molecule has 0 aliphatic heterocycles. The van der Waals surface area contributed by atoms with Gasteiger partial charge in [-0.3, -0.25) is 4.79 Å². The Kier molecular flexibility index (Phi) is 3.64. The van der Waals surface area contributed by atoms with E-state index in [-0.39, 0.29) is 10.0 Å². The molecule has 0 heterocycles. The van der Waals surface area contributed by atoms with Crippen LogP contribution in [0.5, 0.6) is 0 Å². The monoisotopic (exact) mass is 289 g/mol. The molecule has 0 aliphatic carbocycles. The molecular formula is C10H9BrFNO3. The molecule has 0 aliphatic rings. The Morgan fingerprint density at radius 3 is 2.69 bits per heavy atom. The van der Waals surface area contributed by atoms with Gasteiger partial charge in [0.1, 0.15) is 5.82 Å². The first-order chi connectivity index (χ1) is 7.41. The third-order valence-electron chi connectivity index (χ3n) is 2.25. The number of aliphatic carboxylic acids is 1. The summed E-state index contributed by atoms with van der Waals surface area (Å²) >= 11 is 3.06. The summed E-state index contributed by atoms with van der Waals surface area (Å²) in [5.41, 5.74) is -1.32. The lowest BCUT2D eigenvalue weighted by Gasteiger charge is -2.25. The molecule has 0 fully saturated rings. The first kappa shape index (κ1) is 12.6. The Balaban J connectivity index is 3.31. The zero-order valence-corrected chi connectivity index (χ0v) is 9.92. The van der Waals surface area contributed by atoms with Crippen molar-refractivity contribution in [2.75, 3.05) is 0 Å². The molecule has 0 spiro atoms. The molecule has 86 valence electrons. The summed E-state index contributed by atoms with van der Waals surface area (Å²) in [5.74, 6) is -1.72. The fourth-order valence-electron chi connectivity index (χ4n) is 1.27. The zero-order chi connectivity index (χ0) is 12.3. The van der Waals surface area contributed by atoms with E-state index in [1.807, 2.05) is 0 Å². The van der Waals surface area contributed by atoms with E-state index < -0.39 is 17.3 Å². The molecule has 16 heavy (non-hydrogen) atoms. The van der Waals surface area contributed by atoms with Gasteiger partial charge >= 0.3 is 5.97 Å². The van der Waals surface area contributed by atoms with Crippen LogP contribution in [-0.4, -0.2) is 17.5 Å². The van der Waals surface area contributed by atoms with E-state index in [0.29, 0.717) is 6.41 Å². The van der Waals surface area contributed by atoms with Crippen molar-refractivity contribution < 1.29 is 19.1 Å². The average Bonchev–Trinajstić information content (AvgIpc) is 2.17. The minimum Gasteiger partial charge on any atom is -0.479 e. The van der Waals surface area contributed by atoms with Crippen LogP contribution in [0, 0.1) is 5.82 Å². The largest absolute Gasteiger partial charge is 0.479 e. The highest BCUT2D eigenvalue weighted by Gasteiger charge is 2.36. The number of halogens is 2. The molecule has 1 aromatic rings. The number of nitrogens with one attached hydrogen (secondary N) is 1. The number of carboxylic acid groups (broad SMARTS) is 1. The van der Waals surface area contributed by atoms with Gasteiger partial charge in [-0.2, -0.15) is 0 Å². The molecule has 0 saturated carbocycles. The third-order valence-corrected chi connectivity index (χ3v) is 2.90. The van der Waals surface area contributed by atoms with Crippen LogP contribution in [0.25, 0.3) is 0 Å². The summed E-state index contributed by atoms with van der Waals surface area (Å²) in [5, 5.41) is 11.3. The van der Waals surface area contributed by atoms with Gasteiger partial charge in [-0.15, -0.1) is 0 Å². The first-order valence-corrected chi connectivity index (χ1v) is 5.11. The highest BCUT2D eigenvalue weighted by molar-refractivity contribution is 9.10. The molecule has 1 aromatic carbocycles. The summed E-state index contributed by atoms with van der Waals surface area (Å²) in [4.78, 5) is 21.5. The van der Waals surface area contributed by atoms with Crippen LogP contribution in [0.4, 0.5) is 4.39 Å². The number of hydrogen-bond acceptors (Lipinski definition) is 2. The minimum atomic E-state index is -1.59. The van der Waals surface area contributed by atoms with Crippen molar-refractivity contribution in [1.82, 2.24) is 5.32 Å². The third kappa shape index (κ3) is 2.21. The van der Waals surface area contributed by atoms with Gasteiger partial charge in [0.05, 0.1) is 0 Å². The molecule has 1 amide bonds. The van der Waals surface area contributed by atoms with E-state index in [1.165, 1.54) is 13.0 Å². The van der Waals surface area contributed by atoms with Crippen molar-refractivity contribution in [1.29, 1.82) is 0 Å². The fraction of sp³-hybridized carbons (Fsp3) is 0.200. The first-order valence-electron chi connectivity index (χ1n) is 4.32. The maximum atomic E-state index is 12.9. The van der Waals surface area contributed by atoms with E-state index in [1.54, 1.807) is 0 Å². The Morgan fingerprint density at radius 1 is 1.62 bits per heavy atom. The molecule has 1 atom stereocenters. The lowest BCUT2D eigenvalue weighted by Crippen LogP contribution is -2.46. The number of amides is 1. The van der Waals surface area contributed by atoms with Gasteiger partial charge in [0.2, 0.25) is 6.41 Å². The van der Waals surface area contributed by atoms with Crippen molar-refractivity contribution >= 4 is 28.3 Å².